The van der Waals surface area contributed by atoms with Gasteiger partial charge in [0, 0.05) is 6.42 Å². The molecule has 0 N–H and O–H groups in total. The van der Waals surface area contributed by atoms with Crippen LogP contribution in [0.4, 0.5) is 4.79 Å². The Balaban J connectivity index is 2.05. The van der Waals surface area contributed by atoms with Gasteiger partial charge < -0.3 is 9.47 Å². The molecule has 0 aromatic heterocycles. The summed E-state index contributed by atoms with van der Waals surface area (Å²) in [5.41, 5.74) is 0.796. The van der Waals surface area contributed by atoms with E-state index in [0.717, 1.165) is 10.5 Å². The van der Waals surface area contributed by atoms with Crippen molar-refractivity contribution in [2.45, 2.75) is 33.2 Å². The minimum absolute atomic E-state index is 0.0734. The summed E-state index contributed by atoms with van der Waals surface area (Å²) in [4.78, 5) is 37.9. The Morgan fingerprint density at radius 3 is 2.42 bits per heavy atom. The number of imide groups is 1. The first kappa shape index (κ1) is 18.0. The quantitative estimate of drug-likeness (QED) is 0.748. The van der Waals surface area contributed by atoms with Gasteiger partial charge in [0.15, 0.2) is 0 Å². The van der Waals surface area contributed by atoms with Gasteiger partial charge in [-0.2, -0.15) is 0 Å². The Morgan fingerprint density at radius 2 is 1.88 bits per heavy atom. The normalized spacial score (nSPS) is 18.5. The molecule has 1 fully saturated rings. The number of carbonyl (C=O) groups excluding carboxylic acids is 3. The average molecular weight is 333 g/mol. The van der Waals surface area contributed by atoms with Gasteiger partial charge in [-0.25, -0.2) is 9.69 Å². The highest BCUT2D eigenvalue weighted by Crippen LogP contribution is 2.23. The fourth-order valence-electron chi connectivity index (χ4n) is 2.62. The Hall–Kier alpha value is -2.37. The van der Waals surface area contributed by atoms with Crippen LogP contribution in [0.1, 0.15) is 26.3 Å². The predicted molar refractivity (Wildman–Crippen MR) is 87.7 cm³/mol. The van der Waals surface area contributed by atoms with Crippen LogP contribution in [-0.2, 0) is 20.7 Å². The summed E-state index contributed by atoms with van der Waals surface area (Å²) in [6.07, 6.45) is -0.533. The molecule has 1 saturated heterocycles. The molecule has 24 heavy (non-hydrogen) atoms. The van der Waals surface area contributed by atoms with Crippen molar-refractivity contribution in [1.29, 1.82) is 0 Å². The monoisotopic (exact) mass is 333 g/mol. The van der Waals surface area contributed by atoms with E-state index in [2.05, 4.69) is 0 Å². The molecule has 2 atom stereocenters. The van der Waals surface area contributed by atoms with E-state index in [0.29, 0.717) is 5.75 Å². The van der Waals surface area contributed by atoms with Gasteiger partial charge in [-0.15, -0.1) is 0 Å². The number of nitrogens with zero attached hydrogens (tertiary/aromatic N) is 1. The number of methoxy groups -OCH3 is 1. The highest BCUT2D eigenvalue weighted by molar-refractivity contribution is 6.06. The maximum atomic E-state index is 12.6. The molecular weight excluding hydrogens is 310 g/mol. The molecule has 0 unspecified atom stereocenters. The third-order valence-corrected chi connectivity index (χ3v) is 4.30. The van der Waals surface area contributed by atoms with E-state index >= 15 is 0 Å². The first-order chi connectivity index (χ1) is 11.3. The summed E-state index contributed by atoms with van der Waals surface area (Å²) in [5.74, 6) is -0.833. The van der Waals surface area contributed by atoms with E-state index in [-0.39, 0.29) is 30.8 Å². The van der Waals surface area contributed by atoms with Crippen molar-refractivity contribution in [1.82, 2.24) is 4.90 Å². The molecular formula is C18H23NO5. The largest absolute Gasteiger partial charge is 0.497 e. The standard InChI is InChI=1S/C18H23NO5/c1-11(2)15-10-24-18(22)19(15)17(21)12(3)16(20)9-13-5-7-14(23-4)8-6-13/h5-8,11-12,15H,9-10H2,1-4H3/t12-,15-/m1/s1. The number of hydrogen-bond donors (Lipinski definition) is 0. The zero-order valence-electron chi connectivity index (χ0n) is 14.4. The Bertz CT molecular complexity index is 623. The molecule has 130 valence electrons. The summed E-state index contributed by atoms with van der Waals surface area (Å²) < 4.78 is 10.1. The van der Waals surface area contributed by atoms with Crippen molar-refractivity contribution in [2.24, 2.45) is 11.8 Å². The van der Waals surface area contributed by atoms with Crippen molar-refractivity contribution >= 4 is 17.8 Å². The van der Waals surface area contributed by atoms with E-state index < -0.39 is 17.9 Å². The van der Waals surface area contributed by atoms with Gasteiger partial charge in [0.25, 0.3) is 0 Å². The predicted octanol–water partition coefficient (Wildman–Crippen LogP) is 2.45. The number of amides is 2. The molecule has 6 nitrogen and oxygen atoms in total. The maximum Gasteiger partial charge on any atom is 0.417 e. The smallest absolute Gasteiger partial charge is 0.417 e. The Morgan fingerprint density at radius 1 is 1.25 bits per heavy atom. The second kappa shape index (κ2) is 7.47. The van der Waals surface area contributed by atoms with E-state index in [1.54, 1.807) is 31.4 Å². The molecule has 1 aromatic carbocycles. The van der Waals surface area contributed by atoms with Gasteiger partial charge in [0.1, 0.15) is 18.1 Å². The van der Waals surface area contributed by atoms with E-state index in [1.807, 2.05) is 13.8 Å². The van der Waals surface area contributed by atoms with E-state index in [9.17, 15) is 14.4 Å². The van der Waals surface area contributed by atoms with Crippen molar-refractivity contribution in [3.63, 3.8) is 0 Å². The number of carbonyl (C=O) groups is 3. The fourth-order valence-corrected chi connectivity index (χ4v) is 2.62. The maximum absolute atomic E-state index is 12.6. The van der Waals surface area contributed by atoms with Crippen LogP contribution >= 0.6 is 0 Å². The third kappa shape index (κ3) is 3.75. The summed E-state index contributed by atoms with van der Waals surface area (Å²) in [6.45, 7) is 5.55. The first-order valence-electron chi connectivity index (χ1n) is 8.00. The van der Waals surface area contributed by atoms with Crippen LogP contribution < -0.4 is 4.74 Å². The molecule has 1 heterocycles. The van der Waals surface area contributed by atoms with Crippen LogP contribution in [0.2, 0.25) is 0 Å². The molecule has 2 rings (SSSR count). The summed E-state index contributed by atoms with van der Waals surface area (Å²) in [5, 5.41) is 0. The van der Waals surface area contributed by atoms with Crippen molar-refractivity contribution in [3.8, 4) is 5.75 Å². The number of ether oxygens (including phenoxy) is 2. The average Bonchev–Trinajstić information content (AvgIpc) is 2.96. The van der Waals surface area contributed by atoms with Crippen LogP contribution in [0, 0.1) is 11.8 Å². The molecule has 1 aliphatic rings. The second-order valence-corrected chi connectivity index (χ2v) is 6.31. The molecule has 2 amide bonds. The van der Waals surface area contributed by atoms with Gasteiger partial charge in [0.2, 0.25) is 5.91 Å². The Kier molecular flexibility index (Phi) is 5.59. The molecule has 6 heteroatoms. The SMILES string of the molecule is COc1ccc(CC(=O)[C@@H](C)C(=O)N2C(=O)OC[C@@H]2C(C)C)cc1. The highest BCUT2D eigenvalue weighted by atomic mass is 16.6. The van der Waals surface area contributed by atoms with Gasteiger partial charge in [0.05, 0.1) is 19.1 Å². The van der Waals surface area contributed by atoms with E-state index in [4.69, 9.17) is 9.47 Å². The number of benzene rings is 1. The van der Waals surface area contributed by atoms with Crippen LogP contribution in [0.5, 0.6) is 5.75 Å². The molecule has 1 aliphatic heterocycles. The van der Waals surface area contributed by atoms with Crippen molar-refractivity contribution < 1.29 is 23.9 Å². The van der Waals surface area contributed by atoms with Crippen molar-refractivity contribution in [2.75, 3.05) is 13.7 Å². The number of cyclic esters (lactones) is 1. The molecule has 1 aromatic rings. The molecule has 0 aliphatic carbocycles. The molecule has 0 bridgehead atoms. The highest BCUT2D eigenvalue weighted by Gasteiger charge is 2.42. The molecule has 0 saturated carbocycles. The third-order valence-electron chi connectivity index (χ3n) is 4.30. The molecule has 0 radical (unpaired) electrons. The van der Waals surface area contributed by atoms with Crippen LogP contribution in [0.3, 0.4) is 0 Å². The topological polar surface area (TPSA) is 72.9 Å². The lowest BCUT2D eigenvalue weighted by molar-refractivity contribution is -0.139. The lowest BCUT2D eigenvalue weighted by Crippen LogP contribution is -2.46. The summed E-state index contributed by atoms with van der Waals surface area (Å²) >= 11 is 0. The fraction of sp³-hybridized carbons (Fsp3) is 0.500. The zero-order chi connectivity index (χ0) is 17.9. The second-order valence-electron chi connectivity index (χ2n) is 6.31. The van der Waals surface area contributed by atoms with Crippen LogP contribution in [-0.4, -0.2) is 42.4 Å². The van der Waals surface area contributed by atoms with Crippen LogP contribution in [0.25, 0.3) is 0 Å². The van der Waals surface area contributed by atoms with Crippen LogP contribution in [0.15, 0.2) is 24.3 Å². The summed E-state index contributed by atoms with van der Waals surface area (Å²) in [6, 6.07) is 6.79. The minimum Gasteiger partial charge on any atom is -0.497 e. The van der Waals surface area contributed by atoms with Gasteiger partial charge in [-0.1, -0.05) is 26.0 Å². The van der Waals surface area contributed by atoms with E-state index in [1.165, 1.54) is 6.92 Å². The summed E-state index contributed by atoms with van der Waals surface area (Å²) in [7, 11) is 1.57. The minimum atomic E-state index is -0.890. The molecule has 0 spiro atoms. The number of ketones is 1. The van der Waals surface area contributed by atoms with Gasteiger partial charge >= 0.3 is 6.09 Å². The number of hydrogen-bond acceptors (Lipinski definition) is 5. The van der Waals surface area contributed by atoms with Gasteiger partial charge in [-0.05, 0) is 30.5 Å². The Labute approximate surface area is 141 Å². The number of rotatable bonds is 6. The lowest BCUT2D eigenvalue weighted by atomic mass is 9.96. The zero-order valence-corrected chi connectivity index (χ0v) is 14.4. The first-order valence-corrected chi connectivity index (χ1v) is 8.00. The lowest BCUT2D eigenvalue weighted by Gasteiger charge is -2.24. The number of Topliss-reactive ketones (excluding diaryl/α,β-unsaturated/α-hetero) is 1. The van der Waals surface area contributed by atoms with Gasteiger partial charge in [-0.3, -0.25) is 9.59 Å². The van der Waals surface area contributed by atoms with Crippen molar-refractivity contribution in [3.05, 3.63) is 29.8 Å².